The molecule has 20 heavy (non-hydrogen) atoms. The molecule has 1 aliphatic carbocycles. The monoisotopic (exact) mass is 282 g/mol. The Labute approximate surface area is 123 Å². The highest BCUT2D eigenvalue weighted by Crippen LogP contribution is 2.20. The lowest BCUT2D eigenvalue weighted by atomic mass is 9.98. The van der Waals surface area contributed by atoms with Crippen molar-refractivity contribution in [1.82, 2.24) is 10.2 Å². The van der Waals surface area contributed by atoms with E-state index in [9.17, 15) is 4.79 Å². The summed E-state index contributed by atoms with van der Waals surface area (Å²) in [5.74, 6) is 0.171. The summed E-state index contributed by atoms with van der Waals surface area (Å²) in [7, 11) is 0. The first-order chi connectivity index (χ1) is 9.77. The highest BCUT2D eigenvalue weighted by Gasteiger charge is 2.23. The number of carbonyl (C=O) groups is 1. The molecule has 0 aromatic rings. The molecule has 1 saturated carbocycles. The molecule has 4 heteroatoms. The fourth-order valence-corrected chi connectivity index (χ4v) is 3.21. The minimum absolute atomic E-state index is 0.0248. The van der Waals surface area contributed by atoms with Crippen LogP contribution in [-0.2, 0) is 9.53 Å². The van der Waals surface area contributed by atoms with E-state index in [2.05, 4.69) is 10.2 Å². The standard InChI is InChI=1S/C16H30N2O2/c1-14(18-11-5-6-12-18)16(19)17-10-7-13-20-15-8-3-2-4-9-15/h14-15H,2-13H2,1H3,(H,17,19)/t14-/m1/s1. The van der Waals surface area contributed by atoms with E-state index in [4.69, 9.17) is 4.74 Å². The zero-order chi connectivity index (χ0) is 14.2. The number of amides is 1. The topological polar surface area (TPSA) is 41.6 Å². The van der Waals surface area contributed by atoms with Crippen molar-refractivity contribution in [3.63, 3.8) is 0 Å². The lowest BCUT2D eigenvalue weighted by Gasteiger charge is -2.23. The summed E-state index contributed by atoms with van der Waals surface area (Å²) in [4.78, 5) is 14.3. The molecule has 1 atom stereocenters. The van der Waals surface area contributed by atoms with Crippen LogP contribution in [0.4, 0.5) is 0 Å². The maximum absolute atomic E-state index is 12.0. The molecule has 1 N–H and O–H groups in total. The van der Waals surface area contributed by atoms with Gasteiger partial charge in [0.2, 0.25) is 5.91 Å². The molecule has 1 saturated heterocycles. The van der Waals surface area contributed by atoms with Crippen LogP contribution in [-0.4, -0.2) is 49.2 Å². The second kappa shape index (κ2) is 8.63. The largest absolute Gasteiger partial charge is 0.378 e. The molecule has 0 unspecified atom stereocenters. The maximum atomic E-state index is 12.0. The van der Waals surface area contributed by atoms with Gasteiger partial charge in [-0.1, -0.05) is 19.3 Å². The first kappa shape index (κ1) is 15.8. The number of carbonyl (C=O) groups excluding carboxylic acids is 1. The SMILES string of the molecule is C[C@H](C(=O)NCCCOC1CCCCC1)N1CCCC1. The Bertz CT molecular complexity index is 284. The van der Waals surface area contributed by atoms with Crippen LogP contribution in [0, 0.1) is 0 Å². The second-order valence-electron chi connectivity index (χ2n) is 6.19. The van der Waals surface area contributed by atoms with Crippen LogP contribution in [0.1, 0.15) is 58.3 Å². The summed E-state index contributed by atoms with van der Waals surface area (Å²) in [6.45, 7) is 5.67. The van der Waals surface area contributed by atoms with Crippen molar-refractivity contribution in [3.05, 3.63) is 0 Å². The molecule has 2 aliphatic rings. The van der Waals surface area contributed by atoms with Gasteiger partial charge in [-0.3, -0.25) is 9.69 Å². The normalized spacial score (nSPS) is 22.9. The molecule has 0 aromatic carbocycles. The molecule has 0 bridgehead atoms. The third-order valence-electron chi connectivity index (χ3n) is 4.59. The Balaban J connectivity index is 1.50. The Kier molecular flexibility index (Phi) is 6.80. The van der Waals surface area contributed by atoms with Crippen LogP contribution in [0.25, 0.3) is 0 Å². The second-order valence-corrected chi connectivity index (χ2v) is 6.19. The summed E-state index contributed by atoms with van der Waals surface area (Å²) in [5, 5.41) is 3.04. The van der Waals surface area contributed by atoms with Crippen molar-refractivity contribution in [1.29, 1.82) is 0 Å². The van der Waals surface area contributed by atoms with E-state index in [1.807, 2.05) is 6.92 Å². The summed E-state index contributed by atoms with van der Waals surface area (Å²) in [5.41, 5.74) is 0. The number of hydrogen-bond acceptors (Lipinski definition) is 3. The molecule has 0 spiro atoms. The third-order valence-corrected chi connectivity index (χ3v) is 4.59. The van der Waals surface area contributed by atoms with Crippen LogP contribution < -0.4 is 5.32 Å². The Morgan fingerprint density at radius 1 is 1.20 bits per heavy atom. The zero-order valence-electron chi connectivity index (χ0n) is 12.9. The Hall–Kier alpha value is -0.610. The summed E-state index contributed by atoms with van der Waals surface area (Å²) in [6, 6.07) is 0.0248. The van der Waals surface area contributed by atoms with Crippen molar-refractivity contribution < 1.29 is 9.53 Å². The minimum atomic E-state index is 0.0248. The highest BCUT2D eigenvalue weighted by atomic mass is 16.5. The number of nitrogens with zero attached hydrogens (tertiary/aromatic N) is 1. The van der Waals surface area contributed by atoms with Gasteiger partial charge in [-0.25, -0.2) is 0 Å². The van der Waals surface area contributed by atoms with Gasteiger partial charge in [0.05, 0.1) is 12.1 Å². The predicted molar refractivity (Wildman–Crippen MR) is 80.7 cm³/mol. The summed E-state index contributed by atoms with van der Waals surface area (Å²) in [6.07, 6.45) is 10.3. The van der Waals surface area contributed by atoms with Gasteiger partial charge in [-0.2, -0.15) is 0 Å². The molecule has 1 aliphatic heterocycles. The predicted octanol–water partition coefficient (Wildman–Crippen LogP) is 2.33. The van der Waals surface area contributed by atoms with Crippen molar-refractivity contribution >= 4 is 5.91 Å². The lowest BCUT2D eigenvalue weighted by Crippen LogP contribution is -2.44. The van der Waals surface area contributed by atoms with E-state index in [0.717, 1.165) is 32.7 Å². The van der Waals surface area contributed by atoms with Crippen molar-refractivity contribution in [3.8, 4) is 0 Å². The number of likely N-dealkylation sites (tertiary alicyclic amines) is 1. The van der Waals surface area contributed by atoms with Crippen LogP contribution in [0.2, 0.25) is 0 Å². The first-order valence-electron chi connectivity index (χ1n) is 8.41. The molecule has 0 aromatic heterocycles. The van der Waals surface area contributed by atoms with E-state index in [-0.39, 0.29) is 11.9 Å². The van der Waals surface area contributed by atoms with E-state index in [1.165, 1.54) is 44.9 Å². The molecule has 2 fully saturated rings. The van der Waals surface area contributed by atoms with E-state index < -0.39 is 0 Å². The van der Waals surface area contributed by atoms with Crippen LogP contribution in [0.3, 0.4) is 0 Å². The molecule has 1 heterocycles. The first-order valence-corrected chi connectivity index (χ1v) is 8.41. The van der Waals surface area contributed by atoms with Gasteiger partial charge in [0.15, 0.2) is 0 Å². The summed E-state index contributed by atoms with van der Waals surface area (Å²) < 4.78 is 5.86. The fraction of sp³-hybridized carbons (Fsp3) is 0.938. The smallest absolute Gasteiger partial charge is 0.237 e. The van der Waals surface area contributed by atoms with Gasteiger partial charge < -0.3 is 10.1 Å². The van der Waals surface area contributed by atoms with Gasteiger partial charge in [0.25, 0.3) is 0 Å². The fourth-order valence-electron chi connectivity index (χ4n) is 3.21. The van der Waals surface area contributed by atoms with Gasteiger partial charge in [0.1, 0.15) is 0 Å². The number of ether oxygens (including phenoxy) is 1. The van der Waals surface area contributed by atoms with Crippen molar-refractivity contribution in [2.75, 3.05) is 26.2 Å². The summed E-state index contributed by atoms with van der Waals surface area (Å²) >= 11 is 0. The number of hydrogen-bond donors (Lipinski definition) is 1. The van der Waals surface area contributed by atoms with Crippen molar-refractivity contribution in [2.45, 2.75) is 70.4 Å². The highest BCUT2D eigenvalue weighted by molar-refractivity contribution is 5.81. The quantitative estimate of drug-likeness (QED) is 0.729. The van der Waals surface area contributed by atoms with Gasteiger partial charge in [-0.05, 0) is 52.1 Å². The van der Waals surface area contributed by atoms with E-state index >= 15 is 0 Å². The van der Waals surface area contributed by atoms with Crippen LogP contribution in [0.5, 0.6) is 0 Å². The molecule has 1 amide bonds. The zero-order valence-corrected chi connectivity index (χ0v) is 12.9. The average molecular weight is 282 g/mol. The van der Waals surface area contributed by atoms with Crippen LogP contribution >= 0.6 is 0 Å². The van der Waals surface area contributed by atoms with E-state index in [1.54, 1.807) is 0 Å². The average Bonchev–Trinajstić information content (AvgIpc) is 3.01. The Morgan fingerprint density at radius 3 is 2.60 bits per heavy atom. The number of rotatable bonds is 7. The van der Waals surface area contributed by atoms with E-state index in [0.29, 0.717) is 6.10 Å². The minimum Gasteiger partial charge on any atom is -0.378 e. The molecule has 4 nitrogen and oxygen atoms in total. The molecule has 0 radical (unpaired) electrons. The molecular weight excluding hydrogens is 252 g/mol. The number of nitrogens with one attached hydrogen (secondary N) is 1. The maximum Gasteiger partial charge on any atom is 0.237 e. The van der Waals surface area contributed by atoms with Crippen molar-refractivity contribution in [2.24, 2.45) is 0 Å². The van der Waals surface area contributed by atoms with Gasteiger partial charge >= 0.3 is 0 Å². The molecule has 2 rings (SSSR count). The molecule has 116 valence electrons. The molecular formula is C16H30N2O2. The Morgan fingerprint density at radius 2 is 1.90 bits per heavy atom. The van der Waals surface area contributed by atoms with Crippen LogP contribution in [0.15, 0.2) is 0 Å². The lowest BCUT2D eigenvalue weighted by molar-refractivity contribution is -0.125. The van der Waals surface area contributed by atoms with Gasteiger partial charge in [0, 0.05) is 13.2 Å². The van der Waals surface area contributed by atoms with Gasteiger partial charge in [-0.15, -0.1) is 0 Å². The third kappa shape index (κ3) is 5.06.